The van der Waals surface area contributed by atoms with Crippen LogP contribution in [0.1, 0.15) is 86.0 Å². The molecule has 0 spiro atoms. The Bertz CT molecular complexity index is 2600. The van der Waals surface area contributed by atoms with Crippen molar-refractivity contribution in [3.8, 4) is 33.5 Å². The van der Waals surface area contributed by atoms with Gasteiger partial charge in [-0.05, 0) is 121 Å². The summed E-state index contributed by atoms with van der Waals surface area (Å²) in [5.41, 5.74) is 12.3. The Kier molecular flexibility index (Phi) is 11.0. The summed E-state index contributed by atoms with van der Waals surface area (Å²) in [5.74, 6) is 1.50. The molecule has 12 nitrogen and oxygen atoms in total. The number of hydrogen-bond donors (Lipinski definition) is 3. The highest BCUT2D eigenvalue weighted by molar-refractivity contribution is 5.87. The molecule has 12 heteroatoms. The van der Waals surface area contributed by atoms with Crippen LogP contribution in [0.4, 0.5) is 4.79 Å². The zero-order chi connectivity index (χ0) is 42.4. The van der Waals surface area contributed by atoms with Crippen molar-refractivity contribution in [2.24, 2.45) is 5.92 Å². The van der Waals surface area contributed by atoms with Crippen LogP contribution in [0.3, 0.4) is 0 Å². The largest absolute Gasteiger partial charge is 0.453 e. The van der Waals surface area contributed by atoms with Gasteiger partial charge in [0.15, 0.2) is 0 Å². The number of methoxy groups -OCH3 is 1. The number of H-pyrrole nitrogens is 2. The number of ether oxygens (including phenoxy) is 1. The van der Waals surface area contributed by atoms with Crippen molar-refractivity contribution in [3.05, 3.63) is 119 Å². The Morgan fingerprint density at radius 1 is 0.770 bits per heavy atom. The second kappa shape index (κ2) is 16.6. The fourth-order valence-electron chi connectivity index (χ4n) is 9.72. The van der Waals surface area contributed by atoms with Gasteiger partial charge in [0.25, 0.3) is 0 Å². The van der Waals surface area contributed by atoms with E-state index in [1.807, 2.05) is 79.2 Å². The molecule has 3 aliphatic rings. The summed E-state index contributed by atoms with van der Waals surface area (Å²) in [6, 6.07) is 28.5. The second-order valence-electron chi connectivity index (χ2n) is 17.3. The van der Waals surface area contributed by atoms with Crippen molar-refractivity contribution < 1.29 is 19.1 Å². The molecule has 1 aliphatic carbocycles. The number of likely N-dealkylation sites (tertiary alicyclic amines) is 2. The lowest BCUT2D eigenvalue weighted by Gasteiger charge is -2.31. The predicted molar refractivity (Wildman–Crippen MR) is 236 cm³/mol. The molecule has 2 saturated heterocycles. The average molecular weight is 819 g/mol. The number of benzene rings is 4. The summed E-state index contributed by atoms with van der Waals surface area (Å²) < 4.78 is 4.79. The number of rotatable bonds is 10. The minimum Gasteiger partial charge on any atom is -0.453 e. The molecule has 4 atom stereocenters. The third-order valence-corrected chi connectivity index (χ3v) is 12.9. The first-order valence-corrected chi connectivity index (χ1v) is 21.6. The van der Waals surface area contributed by atoms with Gasteiger partial charge < -0.3 is 29.8 Å². The summed E-state index contributed by atoms with van der Waals surface area (Å²) in [6.45, 7) is 5.17. The van der Waals surface area contributed by atoms with Gasteiger partial charge in [0.1, 0.15) is 23.7 Å². The number of likely N-dealkylation sites (N-methyl/N-ethyl adjacent to an activating group) is 1. The van der Waals surface area contributed by atoms with Gasteiger partial charge in [-0.25, -0.2) is 14.8 Å². The van der Waals surface area contributed by atoms with Gasteiger partial charge in [0.2, 0.25) is 11.8 Å². The molecular weight excluding hydrogens is 765 g/mol. The van der Waals surface area contributed by atoms with Crippen LogP contribution in [0.25, 0.3) is 44.5 Å². The van der Waals surface area contributed by atoms with Gasteiger partial charge in [0.05, 0.1) is 42.1 Å². The number of imidazole rings is 2. The van der Waals surface area contributed by atoms with E-state index in [1.165, 1.54) is 29.4 Å². The number of fused-ring (bicyclic) bond motifs is 4. The maximum atomic E-state index is 14.1. The number of hydrogen-bond acceptors (Lipinski definition) is 7. The zero-order valence-electron chi connectivity index (χ0n) is 35.6. The summed E-state index contributed by atoms with van der Waals surface area (Å²) >= 11 is 0. The molecule has 2 unspecified atom stereocenters. The highest BCUT2D eigenvalue weighted by atomic mass is 16.5. The monoisotopic (exact) mass is 818 g/mol. The van der Waals surface area contributed by atoms with Crippen LogP contribution in [-0.4, -0.2) is 92.9 Å². The number of amides is 3. The van der Waals surface area contributed by atoms with Gasteiger partial charge in [-0.15, -0.1) is 0 Å². The van der Waals surface area contributed by atoms with Crippen molar-refractivity contribution >= 4 is 28.9 Å². The lowest BCUT2D eigenvalue weighted by molar-refractivity contribution is -0.137. The van der Waals surface area contributed by atoms with Crippen LogP contribution in [0.2, 0.25) is 0 Å². The maximum Gasteiger partial charge on any atom is 0.407 e. The normalized spacial score (nSPS) is 18.3. The molecule has 2 aromatic heterocycles. The molecule has 0 saturated carbocycles. The van der Waals surface area contributed by atoms with Crippen LogP contribution >= 0.6 is 0 Å². The molecule has 3 N–H and O–H groups in total. The summed E-state index contributed by atoms with van der Waals surface area (Å²) in [4.78, 5) is 62.5. The molecule has 4 aromatic carbocycles. The molecule has 314 valence electrons. The van der Waals surface area contributed by atoms with Gasteiger partial charge in [0, 0.05) is 13.1 Å². The van der Waals surface area contributed by atoms with Gasteiger partial charge in [-0.3, -0.25) is 14.5 Å². The van der Waals surface area contributed by atoms with E-state index in [-0.39, 0.29) is 35.9 Å². The quantitative estimate of drug-likeness (QED) is 0.126. The summed E-state index contributed by atoms with van der Waals surface area (Å²) in [6.07, 6.45) is 6.60. The highest BCUT2D eigenvalue weighted by Gasteiger charge is 2.39. The number of alkyl carbamates (subject to hydrolysis) is 1. The topological polar surface area (TPSA) is 140 Å². The molecule has 2 aliphatic heterocycles. The molecule has 61 heavy (non-hydrogen) atoms. The molecule has 0 bridgehead atoms. The SMILES string of the molecule is COC(=O)NC(C(=O)N1CCC[C@H]1c1ncc(-c2ccc3c(c2)CCc2cc(-c4ccc5nc([C@@H]6CCCN6C(=O)C(c6ccccc6)N(C)C)[nH]c5c4)ccc2-3)[nH]1)C(C)C. The Labute approximate surface area is 356 Å². The third kappa shape index (κ3) is 7.69. The van der Waals surface area contributed by atoms with Gasteiger partial charge >= 0.3 is 6.09 Å². The number of nitrogens with zero attached hydrogens (tertiary/aromatic N) is 5. The van der Waals surface area contributed by atoms with E-state index in [1.54, 1.807) is 0 Å². The van der Waals surface area contributed by atoms with E-state index in [9.17, 15) is 14.4 Å². The maximum absolute atomic E-state index is 14.1. The number of aromatic nitrogens is 4. The number of carbonyl (C=O) groups excluding carboxylic acids is 3. The average Bonchev–Trinajstić information content (AvgIpc) is 4.11. The summed E-state index contributed by atoms with van der Waals surface area (Å²) in [7, 11) is 5.23. The molecule has 4 heterocycles. The molecule has 0 radical (unpaired) electrons. The van der Waals surface area contributed by atoms with Crippen LogP contribution in [0.5, 0.6) is 0 Å². The highest BCUT2D eigenvalue weighted by Crippen LogP contribution is 2.40. The second-order valence-corrected chi connectivity index (χ2v) is 17.3. The van der Waals surface area contributed by atoms with Crippen molar-refractivity contribution in [1.29, 1.82) is 0 Å². The smallest absolute Gasteiger partial charge is 0.407 e. The summed E-state index contributed by atoms with van der Waals surface area (Å²) in [5, 5.41) is 2.72. The molecule has 3 amide bonds. The molecule has 9 rings (SSSR count). The third-order valence-electron chi connectivity index (χ3n) is 12.9. The molecule has 6 aromatic rings. The molecular formula is C49H54N8O4. The first kappa shape index (κ1) is 40.2. The van der Waals surface area contributed by atoms with E-state index >= 15 is 0 Å². The first-order valence-electron chi connectivity index (χ1n) is 21.6. The van der Waals surface area contributed by atoms with E-state index in [2.05, 4.69) is 69.9 Å². The van der Waals surface area contributed by atoms with E-state index in [4.69, 9.17) is 14.7 Å². The van der Waals surface area contributed by atoms with E-state index < -0.39 is 12.1 Å². The van der Waals surface area contributed by atoms with Crippen LogP contribution in [0, 0.1) is 5.92 Å². The number of aromatic amines is 2. The fraction of sp³-hybridized carbons (Fsp3) is 0.367. The van der Waals surface area contributed by atoms with E-state index in [0.29, 0.717) is 13.1 Å². The lowest BCUT2D eigenvalue weighted by Crippen LogP contribution is -2.51. The Morgan fingerprint density at radius 2 is 1.39 bits per heavy atom. The van der Waals surface area contributed by atoms with Crippen LogP contribution in [0.15, 0.2) is 91.1 Å². The van der Waals surface area contributed by atoms with E-state index in [0.717, 1.165) is 89.2 Å². The number of nitrogens with one attached hydrogen (secondary N) is 3. The van der Waals surface area contributed by atoms with Crippen LogP contribution < -0.4 is 5.32 Å². The zero-order valence-corrected chi connectivity index (χ0v) is 35.6. The standard InChI is InChI=1S/C49H54N8O4/c1-29(2)43(54-49(60)61-5)47(58)56-23-9-13-41(56)45-50-28-40(53-45)35-18-21-37-34(26-35)16-15-33-25-31(17-20-36(33)37)32-19-22-38-39(27-32)52-46(51-38)42-14-10-24-57(42)48(59)44(55(3)4)30-11-7-6-8-12-30/h6-8,11-12,17-22,25-29,41-44H,9-10,13-16,23-24H2,1-5H3,(H,50,53)(H,51,52)(H,54,60)/t41-,42-,43?,44?/m0/s1. The Balaban J connectivity index is 0.910. The minimum atomic E-state index is -0.676. The predicted octanol–water partition coefficient (Wildman–Crippen LogP) is 8.40. The lowest BCUT2D eigenvalue weighted by atomic mass is 9.83. The van der Waals surface area contributed by atoms with Crippen molar-refractivity contribution in [2.75, 3.05) is 34.3 Å². The Hall–Kier alpha value is -6.27. The first-order chi connectivity index (χ1) is 29.6. The van der Waals surface area contributed by atoms with Crippen LogP contribution in [-0.2, 0) is 27.2 Å². The van der Waals surface area contributed by atoms with Crippen molar-refractivity contribution in [3.63, 3.8) is 0 Å². The number of carbonyl (C=O) groups is 3. The fourth-order valence-corrected chi connectivity index (χ4v) is 9.72. The Morgan fingerprint density at radius 3 is 2.07 bits per heavy atom. The van der Waals surface area contributed by atoms with Gasteiger partial charge in [-0.2, -0.15) is 0 Å². The number of aryl methyl sites for hydroxylation is 2. The molecule has 2 fully saturated rings. The van der Waals surface area contributed by atoms with Crippen molar-refractivity contribution in [1.82, 2.24) is 40.0 Å². The minimum absolute atomic E-state index is 0.0940. The van der Waals surface area contributed by atoms with Crippen molar-refractivity contribution in [2.45, 2.75) is 76.5 Å². The van der Waals surface area contributed by atoms with Gasteiger partial charge in [-0.1, -0.05) is 80.6 Å².